The number of nitrogens with zero attached hydrogens (tertiary/aromatic N) is 4. The number of aromatic nitrogens is 2. The van der Waals surface area contributed by atoms with Gasteiger partial charge >= 0.3 is 12.2 Å². The summed E-state index contributed by atoms with van der Waals surface area (Å²) in [5.74, 6) is -2.14. The van der Waals surface area contributed by atoms with Crippen molar-refractivity contribution in [1.82, 2.24) is 14.9 Å². The summed E-state index contributed by atoms with van der Waals surface area (Å²) in [4.78, 5) is 36.4. The second-order valence-electron chi connectivity index (χ2n) is 11.1. The van der Waals surface area contributed by atoms with Crippen LogP contribution < -0.4 is 20.3 Å². The molecule has 1 atom stereocenters. The number of para-hydroxylation sites is 1. The van der Waals surface area contributed by atoms with Crippen LogP contribution in [0.2, 0.25) is 0 Å². The van der Waals surface area contributed by atoms with Gasteiger partial charge in [0, 0.05) is 32.1 Å². The fourth-order valence-electron chi connectivity index (χ4n) is 5.57. The van der Waals surface area contributed by atoms with Crippen molar-refractivity contribution in [2.24, 2.45) is 0 Å². The van der Waals surface area contributed by atoms with Crippen LogP contribution in [0.25, 0.3) is 0 Å². The Kier molecular flexibility index (Phi) is 8.77. The number of nitrogens with one attached hydrogen (secondary N) is 2. The van der Waals surface area contributed by atoms with Gasteiger partial charge in [0.2, 0.25) is 11.6 Å². The van der Waals surface area contributed by atoms with Crippen molar-refractivity contribution >= 4 is 29.3 Å². The molecule has 4 heterocycles. The Morgan fingerprint density at radius 2 is 1.65 bits per heavy atom. The third-order valence-electron chi connectivity index (χ3n) is 7.96. The predicted molar refractivity (Wildman–Crippen MR) is 160 cm³/mol. The zero-order chi connectivity index (χ0) is 32.3. The van der Waals surface area contributed by atoms with Crippen molar-refractivity contribution in [3.63, 3.8) is 0 Å². The second-order valence-corrected chi connectivity index (χ2v) is 11.1. The maximum absolute atomic E-state index is 13.9. The van der Waals surface area contributed by atoms with Crippen LogP contribution in [-0.2, 0) is 6.18 Å². The number of ether oxygens (including phenoxy) is 1. The average Bonchev–Trinajstić information content (AvgIpc) is 3.72. The summed E-state index contributed by atoms with van der Waals surface area (Å²) >= 11 is 0. The fourth-order valence-corrected chi connectivity index (χ4v) is 5.57. The zero-order valence-electron chi connectivity index (χ0n) is 24.5. The SMILES string of the molecule is O=C(Nc1ccc(O[C@@H]2CCN(C(=O)Nc3ccccc3F)C2)nc1)c1oc(N2CCC(c3ccccc3)CC2)nc1C(F)(F)F. The van der Waals surface area contributed by atoms with E-state index in [1.54, 1.807) is 11.0 Å². The molecule has 0 unspecified atom stereocenters. The Bertz CT molecular complexity index is 1670. The topological polar surface area (TPSA) is 113 Å². The molecule has 14 heteroatoms. The standard InChI is InChI=1S/C32H30F4N6O4/c33-24-8-4-5-9-25(24)39-30(44)42-17-14-23(19-42)45-26-11-10-22(18-37-26)38-29(43)27-28(32(34,35)36)40-31(46-27)41-15-12-21(13-16-41)20-6-2-1-3-7-20/h1-11,18,21,23H,12-17,19H2,(H,38,43)(H,39,44)/t23-/m1/s1. The lowest BCUT2D eigenvalue weighted by atomic mass is 9.90. The quantitative estimate of drug-likeness (QED) is 0.221. The smallest absolute Gasteiger partial charge is 0.437 e. The van der Waals surface area contributed by atoms with Crippen LogP contribution in [0.1, 0.15) is 47.0 Å². The number of carbonyl (C=O) groups is 2. The van der Waals surface area contributed by atoms with E-state index in [9.17, 15) is 27.2 Å². The molecule has 2 aromatic carbocycles. The maximum Gasteiger partial charge on any atom is 0.437 e. The Morgan fingerprint density at radius 3 is 2.35 bits per heavy atom. The number of carbonyl (C=O) groups excluding carboxylic acids is 2. The van der Waals surface area contributed by atoms with Crippen LogP contribution in [0.5, 0.6) is 5.88 Å². The summed E-state index contributed by atoms with van der Waals surface area (Å²) in [6.07, 6.45) is -2.15. The first kappa shape index (κ1) is 30.9. The number of hydrogen-bond donors (Lipinski definition) is 2. The van der Waals surface area contributed by atoms with Crippen LogP contribution in [0.15, 0.2) is 77.3 Å². The summed E-state index contributed by atoms with van der Waals surface area (Å²) in [5.41, 5.74) is -0.0409. The number of oxazole rings is 1. The number of halogens is 4. The molecule has 46 heavy (non-hydrogen) atoms. The summed E-state index contributed by atoms with van der Waals surface area (Å²) in [5, 5.41) is 4.92. The maximum atomic E-state index is 13.9. The number of benzene rings is 2. The minimum atomic E-state index is -4.91. The lowest BCUT2D eigenvalue weighted by molar-refractivity contribution is -0.141. The number of urea groups is 1. The van der Waals surface area contributed by atoms with E-state index in [-0.39, 0.29) is 41.8 Å². The van der Waals surface area contributed by atoms with Gasteiger partial charge in [-0.05, 0) is 42.5 Å². The molecular weight excluding hydrogens is 608 g/mol. The first-order valence-corrected chi connectivity index (χ1v) is 14.8. The highest BCUT2D eigenvalue weighted by Gasteiger charge is 2.42. The molecule has 3 amide bonds. The normalized spacial score (nSPS) is 17.2. The Hall–Kier alpha value is -5.14. The van der Waals surface area contributed by atoms with Gasteiger partial charge in [0.15, 0.2) is 5.69 Å². The number of hydrogen-bond acceptors (Lipinski definition) is 7. The largest absolute Gasteiger partial charge is 0.472 e. The van der Waals surface area contributed by atoms with Gasteiger partial charge in [-0.3, -0.25) is 4.79 Å². The fraction of sp³-hybridized carbons (Fsp3) is 0.312. The van der Waals surface area contributed by atoms with Gasteiger partial charge in [-0.1, -0.05) is 42.5 Å². The third kappa shape index (κ3) is 7.05. The van der Waals surface area contributed by atoms with E-state index in [2.05, 4.69) is 20.6 Å². The Labute approximate surface area is 261 Å². The number of pyridine rings is 1. The average molecular weight is 639 g/mol. The van der Waals surface area contributed by atoms with E-state index in [0.29, 0.717) is 38.9 Å². The first-order valence-electron chi connectivity index (χ1n) is 14.8. The molecule has 0 saturated carbocycles. The molecule has 240 valence electrons. The number of likely N-dealkylation sites (tertiary alicyclic amines) is 1. The number of alkyl halides is 3. The van der Waals surface area contributed by atoms with Gasteiger partial charge in [-0.2, -0.15) is 18.2 Å². The molecule has 6 rings (SSSR count). The number of anilines is 3. The van der Waals surface area contributed by atoms with Crippen molar-refractivity contribution in [1.29, 1.82) is 0 Å². The van der Waals surface area contributed by atoms with Crippen molar-refractivity contribution in [3.05, 3.63) is 95.8 Å². The van der Waals surface area contributed by atoms with Gasteiger partial charge < -0.3 is 29.6 Å². The van der Waals surface area contributed by atoms with E-state index >= 15 is 0 Å². The molecule has 10 nitrogen and oxygen atoms in total. The highest BCUT2D eigenvalue weighted by Crippen LogP contribution is 2.36. The minimum Gasteiger partial charge on any atom is -0.472 e. The number of piperidine rings is 1. The van der Waals surface area contributed by atoms with E-state index in [4.69, 9.17) is 9.15 Å². The Morgan fingerprint density at radius 1 is 0.913 bits per heavy atom. The van der Waals surface area contributed by atoms with E-state index in [1.165, 1.54) is 47.0 Å². The minimum absolute atomic E-state index is 0.0727. The Balaban J connectivity index is 1.05. The predicted octanol–water partition coefficient (Wildman–Crippen LogP) is 6.55. The summed E-state index contributed by atoms with van der Waals surface area (Å²) < 4.78 is 66.7. The van der Waals surface area contributed by atoms with Crippen LogP contribution in [-0.4, -0.2) is 59.1 Å². The van der Waals surface area contributed by atoms with E-state index < -0.39 is 35.4 Å². The summed E-state index contributed by atoms with van der Waals surface area (Å²) in [6, 6.07) is 17.9. The lowest BCUT2D eigenvalue weighted by Gasteiger charge is -2.31. The monoisotopic (exact) mass is 638 g/mol. The second kappa shape index (κ2) is 13.1. The molecule has 4 aromatic rings. The highest BCUT2D eigenvalue weighted by molar-refractivity contribution is 6.03. The van der Waals surface area contributed by atoms with Crippen LogP contribution >= 0.6 is 0 Å². The van der Waals surface area contributed by atoms with Crippen molar-refractivity contribution < 1.29 is 36.3 Å². The van der Waals surface area contributed by atoms with Gasteiger partial charge in [0.25, 0.3) is 11.9 Å². The zero-order valence-corrected chi connectivity index (χ0v) is 24.5. The first-order chi connectivity index (χ1) is 22.1. The molecular formula is C32H30F4N6O4. The molecule has 2 fully saturated rings. The van der Waals surface area contributed by atoms with Crippen molar-refractivity contribution in [2.75, 3.05) is 41.7 Å². The molecule has 2 aliphatic rings. The molecule has 0 bridgehead atoms. The molecule has 0 aliphatic carbocycles. The summed E-state index contributed by atoms with van der Waals surface area (Å²) in [7, 11) is 0. The van der Waals surface area contributed by atoms with Crippen molar-refractivity contribution in [3.8, 4) is 5.88 Å². The molecule has 2 N–H and O–H groups in total. The van der Waals surface area contributed by atoms with Crippen LogP contribution in [0.3, 0.4) is 0 Å². The molecule has 2 saturated heterocycles. The van der Waals surface area contributed by atoms with Crippen molar-refractivity contribution in [2.45, 2.75) is 37.5 Å². The molecule has 2 aromatic heterocycles. The molecule has 0 radical (unpaired) electrons. The van der Waals surface area contributed by atoms with Gasteiger partial charge in [0.1, 0.15) is 11.9 Å². The molecule has 2 aliphatic heterocycles. The van der Waals surface area contributed by atoms with E-state index in [0.717, 1.165) is 0 Å². The van der Waals surface area contributed by atoms with Gasteiger partial charge in [-0.25, -0.2) is 14.2 Å². The lowest BCUT2D eigenvalue weighted by Crippen LogP contribution is -2.34. The third-order valence-corrected chi connectivity index (χ3v) is 7.96. The van der Waals surface area contributed by atoms with Crippen LogP contribution in [0, 0.1) is 5.82 Å². The molecule has 0 spiro atoms. The van der Waals surface area contributed by atoms with Crippen LogP contribution in [0.4, 0.5) is 39.7 Å². The van der Waals surface area contributed by atoms with Gasteiger partial charge in [0.05, 0.1) is 24.1 Å². The van der Waals surface area contributed by atoms with Gasteiger partial charge in [-0.15, -0.1) is 0 Å². The highest BCUT2D eigenvalue weighted by atomic mass is 19.4. The number of rotatable bonds is 7. The number of amides is 3. The van der Waals surface area contributed by atoms with E-state index in [1.807, 2.05) is 30.3 Å². The summed E-state index contributed by atoms with van der Waals surface area (Å²) in [6.45, 7) is 1.47.